The second-order valence-corrected chi connectivity index (χ2v) is 12.7. The summed E-state index contributed by atoms with van der Waals surface area (Å²) in [7, 11) is 0. The van der Waals surface area contributed by atoms with Gasteiger partial charge in [-0.25, -0.2) is 0 Å². The summed E-state index contributed by atoms with van der Waals surface area (Å²) >= 11 is 3.71. The minimum absolute atomic E-state index is 0.0712. The lowest BCUT2D eigenvalue weighted by Gasteiger charge is -2.38. The number of benzene rings is 1. The van der Waals surface area contributed by atoms with E-state index in [1.54, 1.807) is 17.0 Å². The highest BCUT2D eigenvalue weighted by molar-refractivity contribution is 9.09. The first kappa shape index (κ1) is 26.6. The van der Waals surface area contributed by atoms with Gasteiger partial charge in [-0.05, 0) is 43.7 Å². The Hall–Kier alpha value is -1.97. The lowest BCUT2D eigenvalue weighted by atomic mass is 9.70. The van der Waals surface area contributed by atoms with E-state index in [0.717, 1.165) is 25.7 Å². The van der Waals surface area contributed by atoms with E-state index in [-0.39, 0.29) is 41.1 Å². The van der Waals surface area contributed by atoms with Gasteiger partial charge in [-0.1, -0.05) is 67.2 Å². The number of carbonyl (C=O) groups is 3. The summed E-state index contributed by atoms with van der Waals surface area (Å²) in [4.78, 5) is 43.2. The first-order valence-electron chi connectivity index (χ1n) is 13.7. The summed E-state index contributed by atoms with van der Waals surface area (Å²) in [5.41, 5.74) is -0.463. The van der Waals surface area contributed by atoms with Gasteiger partial charge in [0.25, 0.3) is 0 Å². The van der Waals surface area contributed by atoms with E-state index in [0.29, 0.717) is 18.5 Å². The smallest absolute Gasteiger partial charge is 0.246 e. The van der Waals surface area contributed by atoms with Crippen molar-refractivity contribution < 1.29 is 24.2 Å². The number of hydrogen-bond donors (Lipinski definition) is 3. The predicted octanol–water partition coefficient (Wildman–Crippen LogP) is 3.23. The van der Waals surface area contributed by atoms with Crippen LogP contribution in [0.2, 0.25) is 0 Å². The van der Waals surface area contributed by atoms with Gasteiger partial charge >= 0.3 is 0 Å². The molecule has 3 heterocycles. The van der Waals surface area contributed by atoms with Crippen LogP contribution in [0.3, 0.4) is 0 Å². The summed E-state index contributed by atoms with van der Waals surface area (Å²) in [6.07, 6.45) is 5.66. The Labute approximate surface area is 227 Å². The number of para-hydroxylation sites is 1. The third-order valence-corrected chi connectivity index (χ3v) is 9.46. The lowest BCUT2D eigenvalue weighted by Crippen LogP contribution is -2.59. The molecule has 1 aliphatic carbocycles. The molecule has 3 amide bonds. The van der Waals surface area contributed by atoms with Crippen LogP contribution < -0.4 is 10.6 Å². The molecule has 7 atom stereocenters. The highest BCUT2D eigenvalue weighted by Crippen LogP contribution is 2.60. The van der Waals surface area contributed by atoms with E-state index in [4.69, 9.17) is 4.74 Å². The minimum atomic E-state index is -1.11. The predicted molar refractivity (Wildman–Crippen MR) is 143 cm³/mol. The van der Waals surface area contributed by atoms with Crippen LogP contribution in [0, 0.1) is 17.8 Å². The first-order chi connectivity index (χ1) is 17.8. The minimum Gasteiger partial charge on any atom is -0.394 e. The van der Waals surface area contributed by atoms with Gasteiger partial charge in [0.2, 0.25) is 17.7 Å². The van der Waals surface area contributed by atoms with Crippen molar-refractivity contribution in [3.63, 3.8) is 0 Å². The number of aliphatic hydroxyl groups excluding tert-OH is 1. The van der Waals surface area contributed by atoms with Gasteiger partial charge < -0.3 is 25.4 Å². The number of halogens is 1. The van der Waals surface area contributed by atoms with E-state index < -0.39 is 35.6 Å². The number of hydrogen-bond acceptors (Lipinski definition) is 5. The number of ether oxygens (including phenoxy) is 1. The second kappa shape index (κ2) is 10.7. The molecule has 3 N–H and O–H groups in total. The van der Waals surface area contributed by atoms with Crippen molar-refractivity contribution in [3.8, 4) is 0 Å². The fourth-order valence-electron chi connectivity index (χ4n) is 7.15. The second-order valence-electron chi connectivity index (χ2n) is 11.6. The van der Waals surface area contributed by atoms with E-state index in [1.807, 2.05) is 32.0 Å². The van der Waals surface area contributed by atoms with Gasteiger partial charge in [-0.3, -0.25) is 14.4 Å². The van der Waals surface area contributed by atoms with Crippen molar-refractivity contribution in [2.45, 2.75) is 93.5 Å². The number of amides is 3. The van der Waals surface area contributed by atoms with Crippen LogP contribution in [0.5, 0.6) is 0 Å². The van der Waals surface area contributed by atoms with Crippen LogP contribution in [-0.4, -0.2) is 69.0 Å². The Balaban J connectivity index is 1.50. The largest absolute Gasteiger partial charge is 0.394 e. The SMILES string of the molecule is CC(C)C[C@H](CO)N1C(=O)[C@@H]2[C@@H](C(=O)Nc3ccccc3)[C@@H]3OC2(CC3Br)C1C(=O)NC1CCCCC1. The van der Waals surface area contributed by atoms with E-state index in [2.05, 4.69) is 26.6 Å². The van der Waals surface area contributed by atoms with Crippen molar-refractivity contribution in [2.24, 2.45) is 17.8 Å². The molecule has 0 radical (unpaired) electrons. The van der Waals surface area contributed by atoms with E-state index in [9.17, 15) is 19.5 Å². The quantitative estimate of drug-likeness (QED) is 0.412. The monoisotopic (exact) mass is 575 g/mol. The van der Waals surface area contributed by atoms with Crippen molar-refractivity contribution in [2.75, 3.05) is 11.9 Å². The first-order valence-corrected chi connectivity index (χ1v) is 14.6. The van der Waals surface area contributed by atoms with Crippen LogP contribution in [0.4, 0.5) is 5.69 Å². The Morgan fingerprint density at radius 1 is 1.16 bits per heavy atom. The van der Waals surface area contributed by atoms with Crippen LogP contribution >= 0.6 is 15.9 Å². The number of nitrogens with zero attached hydrogens (tertiary/aromatic N) is 1. The van der Waals surface area contributed by atoms with E-state index in [1.165, 1.54) is 6.42 Å². The van der Waals surface area contributed by atoms with E-state index >= 15 is 0 Å². The molecule has 1 aromatic carbocycles. The Kier molecular flexibility index (Phi) is 7.67. The standard InChI is InChI=1S/C28H38BrN3O5/c1-16(2)13-19(15-33)32-24(26(35)31-18-11-7-4-8-12-18)28-14-20(29)23(37-28)21(22(28)27(32)36)25(34)30-17-9-5-3-6-10-17/h3,5-6,9-10,16,18-24,33H,4,7-8,11-15H2,1-2H3,(H,30,34)(H,31,35)/t19-,20?,21-,22+,23-,24?,28?/m1/s1. The van der Waals surface area contributed by atoms with Crippen LogP contribution in [-0.2, 0) is 19.1 Å². The molecule has 2 bridgehead atoms. The summed E-state index contributed by atoms with van der Waals surface area (Å²) in [5, 5.41) is 16.6. The molecule has 37 heavy (non-hydrogen) atoms. The summed E-state index contributed by atoms with van der Waals surface area (Å²) in [6.45, 7) is 3.82. The maximum absolute atomic E-state index is 14.2. The van der Waals surface area contributed by atoms with Gasteiger partial charge in [0.15, 0.2) is 0 Å². The summed E-state index contributed by atoms with van der Waals surface area (Å²) < 4.78 is 6.58. The number of likely N-dealkylation sites (tertiary alicyclic amines) is 1. The van der Waals surface area contributed by atoms with Gasteiger partial charge in [-0.15, -0.1) is 0 Å². The molecule has 9 heteroatoms. The number of nitrogens with one attached hydrogen (secondary N) is 2. The summed E-state index contributed by atoms with van der Waals surface area (Å²) in [6, 6.07) is 7.83. The van der Waals surface area contributed by atoms with Gasteiger partial charge in [0.1, 0.15) is 11.6 Å². The zero-order chi connectivity index (χ0) is 26.3. The number of aliphatic hydroxyl groups is 1. The van der Waals surface area contributed by atoms with Crippen molar-refractivity contribution in [1.29, 1.82) is 0 Å². The molecule has 3 aliphatic heterocycles. The molecule has 1 saturated carbocycles. The van der Waals surface area contributed by atoms with Crippen LogP contribution in [0.1, 0.15) is 58.8 Å². The fourth-order valence-corrected chi connectivity index (χ4v) is 8.10. The molecule has 4 fully saturated rings. The van der Waals surface area contributed by atoms with Gasteiger partial charge in [-0.2, -0.15) is 0 Å². The third kappa shape index (κ3) is 4.72. The number of carbonyl (C=O) groups excluding carboxylic acids is 3. The molecule has 8 nitrogen and oxygen atoms in total. The molecule has 4 aliphatic rings. The Bertz CT molecular complexity index is 1020. The Morgan fingerprint density at radius 2 is 1.86 bits per heavy atom. The van der Waals surface area contributed by atoms with Gasteiger partial charge in [0, 0.05) is 16.6 Å². The van der Waals surface area contributed by atoms with Crippen LogP contribution in [0.25, 0.3) is 0 Å². The average molecular weight is 577 g/mol. The molecule has 202 valence electrons. The maximum atomic E-state index is 14.2. The molecule has 5 rings (SSSR count). The Morgan fingerprint density at radius 3 is 2.51 bits per heavy atom. The highest BCUT2D eigenvalue weighted by atomic mass is 79.9. The molecular weight excluding hydrogens is 538 g/mol. The summed E-state index contributed by atoms with van der Waals surface area (Å²) in [5.74, 6) is -2.08. The fraction of sp³-hybridized carbons (Fsp3) is 0.679. The molecule has 3 unspecified atom stereocenters. The molecule has 1 spiro atoms. The molecule has 3 saturated heterocycles. The highest BCUT2D eigenvalue weighted by Gasteiger charge is 2.77. The average Bonchev–Trinajstić information content (AvgIpc) is 3.47. The molecular formula is C28H38BrN3O5. The number of anilines is 1. The number of alkyl halides is 1. The third-order valence-electron chi connectivity index (χ3n) is 8.62. The van der Waals surface area contributed by atoms with Crippen molar-refractivity contribution in [3.05, 3.63) is 30.3 Å². The van der Waals surface area contributed by atoms with Gasteiger partial charge in [0.05, 0.1) is 30.6 Å². The number of fused-ring (bicyclic) bond motifs is 1. The molecule has 0 aromatic heterocycles. The lowest BCUT2D eigenvalue weighted by molar-refractivity contribution is -0.145. The van der Waals surface area contributed by atoms with Crippen LogP contribution in [0.15, 0.2) is 30.3 Å². The zero-order valence-corrected chi connectivity index (χ0v) is 23.2. The molecule has 1 aromatic rings. The van der Waals surface area contributed by atoms with Crippen molar-refractivity contribution >= 4 is 39.3 Å². The number of rotatable bonds is 8. The van der Waals surface area contributed by atoms with Crippen molar-refractivity contribution in [1.82, 2.24) is 10.2 Å². The normalized spacial score (nSPS) is 34.0. The zero-order valence-electron chi connectivity index (χ0n) is 21.6. The topological polar surface area (TPSA) is 108 Å². The maximum Gasteiger partial charge on any atom is 0.246 e.